The highest BCUT2D eigenvalue weighted by molar-refractivity contribution is 6.13. The summed E-state index contributed by atoms with van der Waals surface area (Å²) < 4.78 is 0. The second kappa shape index (κ2) is 7.00. The molecule has 0 aliphatic carbocycles. The predicted octanol–water partition coefficient (Wildman–Crippen LogP) is 5.17. The molecule has 1 amide bonds. The Kier molecular flexibility index (Phi) is 4.38. The summed E-state index contributed by atoms with van der Waals surface area (Å²) in [5.41, 5.74) is 6.27. The molecule has 4 rings (SSSR count). The molecule has 0 saturated heterocycles. The predicted molar refractivity (Wildman–Crippen MR) is 109 cm³/mol. The fourth-order valence-corrected chi connectivity index (χ4v) is 3.05. The number of rotatable bonds is 3. The lowest BCUT2D eigenvalue weighted by atomic mass is 10.0. The van der Waals surface area contributed by atoms with Crippen LogP contribution in [0.1, 0.15) is 21.5 Å². The van der Waals surface area contributed by atoms with Crippen LogP contribution in [0.3, 0.4) is 0 Å². The summed E-state index contributed by atoms with van der Waals surface area (Å²) >= 11 is 0. The van der Waals surface area contributed by atoms with Crippen LogP contribution in [0.5, 0.6) is 0 Å². The van der Waals surface area contributed by atoms with E-state index >= 15 is 0 Å². The molecule has 1 N–H and O–H groups in total. The smallest absolute Gasteiger partial charge is 0.256 e. The Labute approximate surface area is 157 Å². The molecule has 2 aromatic carbocycles. The van der Waals surface area contributed by atoms with E-state index in [1.807, 2.05) is 42.5 Å². The maximum Gasteiger partial charge on any atom is 0.256 e. The van der Waals surface area contributed by atoms with Gasteiger partial charge in [0.05, 0.1) is 28.7 Å². The third kappa shape index (κ3) is 3.42. The van der Waals surface area contributed by atoms with Gasteiger partial charge < -0.3 is 5.32 Å². The number of carbonyl (C=O) groups is 1. The van der Waals surface area contributed by atoms with Crippen molar-refractivity contribution in [2.75, 3.05) is 5.32 Å². The Bertz CT molecular complexity index is 1140. The first-order chi connectivity index (χ1) is 13.1. The van der Waals surface area contributed by atoms with Crippen LogP contribution in [-0.2, 0) is 0 Å². The quantitative estimate of drug-likeness (QED) is 0.553. The zero-order valence-electron chi connectivity index (χ0n) is 15.2. The summed E-state index contributed by atoms with van der Waals surface area (Å²) in [6.45, 7) is 4.16. The molecule has 132 valence electrons. The number of aromatic nitrogens is 2. The molecule has 0 atom stereocenters. The number of hydrogen-bond acceptors (Lipinski definition) is 3. The number of anilines is 1. The summed E-state index contributed by atoms with van der Waals surface area (Å²) in [6, 6.07) is 19.4. The Hall–Kier alpha value is -3.53. The molecule has 0 saturated carbocycles. The van der Waals surface area contributed by atoms with Crippen LogP contribution in [0.25, 0.3) is 22.2 Å². The molecule has 4 heteroatoms. The number of amides is 1. The molecule has 4 aromatic rings. The third-order valence-electron chi connectivity index (χ3n) is 4.68. The third-order valence-corrected chi connectivity index (χ3v) is 4.68. The molecule has 0 unspecified atom stereocenters. The number of hydrogen-bond donors (Lipinski definition) is 1. The van der Waals surface area contributed by atoms with E-state index in [-0.39, 0.29) is 5.91 Å². The summed E-state index contributed by atoms with van der Waals surface area (Å²) in [5.74, 6) is -0.174. The van der Waals surface area contributed by atoms with Gasteiger partial charge >= 0.3 is 0 Å². The van der Waals surface area contributed by atoms with E-state index in [1.165, 1.54) is 11.1 Å². The standard InChI is InChI=1S/C23H19N3O/c1-15-9-10-17(12-16(15)2)22-13-20(19-7-3-4-8-21(19)26-22)23(27)25-18-6-5-11-24-14-18/h3-14H,1-2H3,(H,25,27). The second-order valence-electron chi connectivity index (χ2n) is 6.57. The van der Waals surface area contributed by atoms with E-state index in [1.54, 1.807) is 18.5 Å². The van der Waals surface area contributed by atoms with Crippen LogP contribution in [0.4, 0.5) is 5.69 Å². The summed E-state index contributed by atoms with van der Waals surface area (Å²) in [7, 11) is 0. The van der Waals surface area contributed by atoms with Gasteiger partial charge in [-0.2, -0.15) is 0 Å². The molecule has 0 fully saturated rings. The van der Waals surface area contributed by atoms with Crippen LogP contribution in [0, 0.1) is 13.8 Å². The fourth-order valence-electron chi connectivity index (χ4n) is 3.05. The zero-order valence-corrected chi connectivity index (χ0v) is 15.2. The Morgan fingerprint density at radius 2 is 1.78 bits per heavy atom. The topological polar surface area (TPSA) is 54.9 Å². The number of pyridine rings is 2. The van der Waals surface area contributed by atoms with Crippen LogP contribution in [0.15, 0.2) is 73.1 Å². The molecule has 2 aromatic heterocycles. The van der Waals surface area contributed by atoms with Gasteiger partial charge in [-0.15, -0.1) is 0 Å². The average molecular weight is 353 g/mol. The fraction of sp³-hybridized carbons (Fsp3) is 0.0870. The molecular formula is C23H19N3O. The molecule has 2 heterocycles. The largest absolute Gasteiger partial charge is 0.321 e. The van der Waals surface area contributed by atoms with Gasteiger partial charge in [0.1, 0.15) is 0 Å². The van der Waals surface area contributed by atoms with Crippen LogP contribution in [-0.4, -0.2) is 15.9 Å². The number of benzene rings is 2. The van der Waals surface area contributed by atoms with E-state index in [4.69, 9.17) is 4.98 Å². The van der Waals surface area contributed by atoms with Gasteiger partial charge in [-0.3, -0.25) is 9.78 Å². The minimum atomic E-state index is -0.174. The molecule has 0 spiro atoms. The van der Waals surface area contributed by atoms with Crippen molar-refractivity contribution in [3.05, 3.63) is 89.7 Å². The Balaban J connectivity index is 1.83. The van der Waals surface area contributed by atoms with Crippen molar-refractivity contribution in [3.63, 3.8) is 0 Å². The summed E-state index contributed by atoms with van der Waals surface area (Å²) in [4.78, 5) is 21.8. The van der Waals surface area contributed by atoms with Crippen molar-refractivity contribution in [2.24, 2.45) is 0 Å². The highest BCUT2D eigenvalue weighted by Crippen LogP contribution is 2.27. The maximum absolute atomic E-state index is 13.0. The van der Waals surface area contributed by atoms with Crippen molar-refractivity contribution < 1.29 is 4.79 Å². The van der Waals surface area contributed by atoms with Crippen molar-refractivity contribution >= 4 is 22.5 Å². The van der Waals surface area contributed by atoms with Crippen molar-refractivity contribution in [1.29, 1.82) is 0 Å². The first kappa shape index (κ1) is 16.9. The van der Waals surface area contributed by atoms with Crippen molar-refractivity contribution in [1.82, 2.24) is 9.97 Å². The number of para-hydroxylation sites is 1. The average Bonchev–Trinajstić information content (AvgIpc) is 2.70. The van der Waals surface area contributed by atoms with Gasteiger partial charge in [0.25, 0.3) is 5.91 Å². The molecule has 0 aliphatic heterocycles. The van der Waals surface area contributed by atoms with E-state index in [0.29, 0.717) is 11.3 Å². The number of nitrogens with zero attached hydrogens (tertiary/aromatic N) is 2. The number of aryl methyl sites for hydroxylation is 2. The lowest BCUT2D eigenvalue weighted by Gasteiger charge is -2.11. The van der Waals surface area contributed by atoms with Gasteiger partial charge in [0, 0.05) is 17.1 Å². The van der Waals surface area contributed by atoms with Gasteiger partial charge in [-0.1, -0.05) is 30.3 Å². The van der Waals surface area contributed by atoms with Crippen LogP contribution >= 0.6 is 0 Å². The minimum absolute atomic E-state index is 0.174. The SMILES string of the molecule is Cc1ccc(-c2cc(C(=O)Nc3cccnc3)c3ccccc3n2)cc1C. The molecule has 0 aliphatic rings. The number of nitrogens with one attached hydrogen (secondary N) is 1. The van der Waals surface area contributed by atoms with E-state index in [2.05, 4.69) is 36.3 Å². The summed E-state index contributed by atoms with van der Waals surface area (Å²) in [6.07, 6.45) is 3.31. The van der Waals surface area contributed by atoms with E-state index in [0.717, 1.165) is 22.2 Å². The molecule has 27 heavy (non-hydrogen) atoms. The van der Waals surface area contributed by atoms with Gasteiger partial charge in [0.15, 0.2) is 0 Å². The number of carbonyl (C=O) groups excluding carboxylic acids is 1. The van der Waals surface area contributed by atoms with Gasteiger partial charge in [-0.05, 0) is 55.3 Å². The van der Waals surface area contributed by atoms with Gasteiger partial charge in [-0.25, -0.2) is 4.98 Å². The highest BCUT2D eigenvalue weighted by atomic mass is 16.1. The van der Waals surface area contributed by atoms with E-state index < -0.39 is 0 Å². The lowest BCUT2D eigenvalue weighted by Crippen LogP contribution is -2.13. The van der Waals surface area contributed by atoms with Crippen LogP contribution in [0.2, 0.25) is 0 Å². The Morgan fingerprint density at radius 1 is 0.926 bits per heavy atom. The lowest BCUT2D eigenvalue weighted by molar-refractivity contribution is 0.102. The summed E-state index contributed by atoms with van der Waals surface area (Å²) in [5, 5.41) is 3.75. The molecular weight excluding hydrogens is 334 g/mol. The molecule has 0 radical (unpaired) electrons. The molecule has 4 nitrogen and oxygen atoms in total. The zero-order chi connectivity index (χ0) is 18.8. The minimum Gasteiger partial charge on any atom is -0.321 e. The van der Waals surface area contributed by atoms with E-state index in [9.17, 15) is 4.79 Å². The monoisotopic (exact) mass is 353 g/mol. The molecule has 0 bridgehead atoms. The first-order valence-corrected chi connectivity index (χ1v) is 8.80. The van der Waals surface area contributed by atoms with Gasteiger partial charge in [0.2, 0.25) is 0 Å². The van der Waals surface area contributed by atoms with Crippen LogP contribution < -0.4 is 5.32 Å². The van der Waals surface area contributed by atoms with Crippen molar-refractivity contribution in [3.8, 4) is 11.3 Å². The van der Waals surface area contributed by atoms with Crippen molar-refractivity contribution in [2.45, 2.75) is 13.8 Å². The number of fused-ring (bicyclic) bond motifs is 1. The normalized spacial score (nSPS) is 10.7. The maximum atomic E-state index is 13.0. The second-order valence-corrected chi connectivity index (χ2v) is 6.57. The highest BCUT2D eigenvalue weighted by Gasteiger charge is 2.14. The first-order valence-electron chi connectivity index (χ1n) is 8.80. The Morgan fingerprint density at radius 3 is 2.56 bits per heavy atom.